The van der Waals surface area contributed by atoms with Crippen molar-refractivity contribution in [1.82, 2.24) is 0 Å². The number of ether oxygens (including phenoxy) is 2. The molecule has 0 heterocycles. The van der Waals surface area contributed by atoms with Gasteiger partial charge in [-0.25, -0.2) is 0 Å². The van der Waals surface area contributed by atoms with Gasteiger partial charge < -0.3 is 19.7 Å². The molecule has 0 aromatic heterocycles. The molecule has 0 aliphatic heterocycles. The van der Waals surface area contributed by atoms with E-state index >= 15 is 0 Å². The number of hydrogen-bond donors (Lipinski definition) is 2. The average Bonchev–Trinajstić information content (AvgIpc) is 0.933. The third kappa shape index (κ3) is 124. The van der Waals surface area contributed by atoms with Gasteiger partial charge in [0.2, 0.25) is 0 Å². The first-order chi connectivity index (χ1) is 50.1. The van der Waals surface area contributed by atoms with E-state index in [0.29, 0.717) is 24.0 Å². The molecule has 4 heteroatoms. The zero-order valence-electron chi connectivity index (χ0n) is 81.5. The summed E-state index contributed by atoms with van der Waals surface area (Å²) in [5.41, 5.74) is 9.28. The van der Waals surface area contributed by atoms with Gasteiger partial charge in [-0.05, 0) is 310 Å². The molecule has 0 fully saturated rings. The molecule has 0 bridgehead atoms. The Labute approximate surface area is 693 Å². The SMILES string of the molecule is C.C/C(=C\CCC(C)C)CCCC(C)C.CC(C)=CCC/C(C)=C/CCC(C)(O)CCC(C)C.CC(C)=CCC/C(C)=C/CCC(C)C.CC(C)=CCC/C(C)=C/COC(C)C.CC(C)CCCC(C)CCCC(C)(O)CCC(C)C.CC(C)CCCC(C)CCCC(C)C.CC(C)CCCC(C)CCOC(C)C. The Bertz CT molecular complexity index is 1990. The second-order valence-corrected chi connectivity index (χ2v) is 39.9. The van der Waals surface area contributed by atoms with E-state index in [9.17, 15) is 10.2 Å². The van der Waals surface area contributed by atoms with Gasteiger partial charge in [-0.2, -0.15) is 0 Å². The van der Waals surface area contributed by atoms with Crippen molar-refractivity contribution in [2.75, 3.05) is 13.2 Å². The summed E-state index contributed by atoms with van der Waals surface area (Å²) in [4.78, 5) is 0. The van der Waals surface area contributed by atoms with Crippen LogP contribution in [0.25, 0.3) is 0 Å². The number of allylic oxidation sites excluding steroid dienone is 13. The van der Waals surface area contributed by atoms with Gasteiger partial charge >= 0.3 is 0 Å². The third-order valence-corrected chi connectivity index (χ3v) is 20.0. The molecule has 0 amide bonds. The fourth-order valence-electron chi connectivity index (χ4n) is 12.0. The summed E-state index contributed by atoms with van der Waals surface area (Å²) in [7, 11) is 0. The third-order valence-electron chi connectivity index (χ3n) is 20.0. The minimum absolute atomic E-state index is 0. The van der Waals surface area contributed by atoms with E-state index in [1.165, 1.54) is 182 Å². The summed E-state index contributed by atoms with van der Waals surface area (Å²) in [5, 5.41) is 20.6. The summed E-state index contributed by atoms with van der Waals surface area (Å²) in [6.45, 7) is 84.0. The molecule has 0 saturated carbocycles. The Balaban J connectivity index is -0.000000183. The number of rotatable bonds is 55. The molecule has 2 N–H and O–H groups in total. The Morgan fingerprint density at radius 1 is 0.257 bits per heavy atom. The summed E-state index contributed by atoms with van der Waals surface area (Å²) in [6, 6.07) is 0. The van der Waals surface area contributed by atoms with E-state index in [-0.39, 0.29) is 7.43 Å². The van der Waals surface area contributed by atoms with Crippen LogP contribution in [0.1, 0.15) is 488 Å². The molecule has 0 saturated heterocycles. The van der Waals surface area contributed by atoms with Gasteiger partial charge in [0.15, 0.2) is 0 Å². The molecular weight excluding hydrogens is 1330 g/mol. The Kier molecular flexibility index (Phi) is 92.9. The minimum Gasteiger partial charge on any atom is -0.390 e. The van der Waals surface area contributed by atoms with Gasteiger partial charge in [-0.3, -0.25) is 0 Å². The van der Waals surface area contributed by atoms with Crippen molar-refractivity contribution in [2.45, 2.75) is 512 Å². The Morgan fingerprint density at radius 3 is 0.826 bits per heavy atom. The molecule has 0 aliphatic carbocycles. The molecule has 4 unspecified atom stereocenters. The van der Waals surface area contributed by atoms with E-state index in [2.05, 4.69) is 285 Å². The lowest BCUT2D eigenvalue weighted by Crippen LogP contribution is -2.24. The zero-order valence-corrected chi connectivity index (χ0v) is 81.5. The lowest BCUT2D eigenvalue weighted by Gasteiger charge is -2.25. The molecule has 0 spiro atoms. The second kappa shape index (κ2) is 82.5. The topological polar surface area (TPSA) is 58.9 Å². The van der Waals surface area contributed by atoms with Gasteiger partial charge in [-0.1, -0.05) is 331 Å². The molecule has 0 radical (unpaired) electrons. The summed E-state index contributed by atoms with van der Waals surface area (Å²) < 4.78 is 11.0. The minimum atomic E-state index is -0.499. The number of hydrogen-bond acceptors (Lipinski definition) is 4. The van der Waals surface area contributed by atoms with Gasteiger partial charge in [0.05, 0.1) is 30.0 Å². The molecule has 0 aromatic rings. The van der Waals surface area contributed by atoms with Crippen LogP contribution in [-0.4, -0.2) is 46.8 Å². The normalized spacial score (nSPS) is 13.7. The van der Waals surface area contributed by atoms with Gasteiger partial charge in [0, 0.05) is 6.61 Å². The second-order valence-electron chi connectivity index (χ2n) is 39.9. The first-order valence-electron chi connectivity index (χ1n) is 46.3. The average molecular weight is 1540 g/mol. The highest BCUT2D eigenvalue weighted by Gasteiger charge is 2.21. The highest BCUT2D eigenvalue weighted by molar-refractivity contribution is 5.05. The summed E-state index contributed by atoms with van der Waals surface area (Å²) in [5.74, 6) is 9.97. The van der Waals surface area contributed by atoms with E-state index < -0.39 is 11.2 Å². The first-order valence-corrected chi connectivity index (χ1v) is 46.3. The maximum atomic E-state index is 10.3. The standard InChI is InChI=1S/C18H38O.C18H34O.C14H30.C14H28.C14H26.C13H28O.C13H24O.CH4/c2*1-15(2)9-7-10-17(5)11-8-13-18(6,19)14-12-16(3)4;3*1-12(2)8-6-10-14(5)11-7-9-13(3)4;2*1-11(2)7-6-8-13(5)9-10-14-12(3)4;/h15-17,19H,7-14H2,1-6H3;9,11,16,19H,7-8,10,12-14H2,1-6H3;12-14H,6-11H2,1-5H3;10,12-13H,6-9,11H2,1-5H3;8,11,13H,6-7,9-10H2,1-5H3;11-13H,6-10H2,1-5H3;7,9,12H,6,8,10H2,1-5H3;1H4/b;17-11+;;14-10+;14-11+;;13-9+;. The van der Waals surface area contributed by atoms with E-state index in [1.54, 1.807) is 11.1 Å². The lowest BCUT2D eigenvalue weighted by atomic mass is 9.88. The van der Waals surface area contributed by atoms with Crippen LogP contribution in [0.4, 0.5) is 0 Å². The molecule has 0 rings (SSSR count). The Morgan fingerprint density at radius 2 is 0.523 bits per heavy atom. The Hall–Kier alpha value is -1.98. The van der Waals surface area contributed by atoms with Gasteiger partial charge in [-0.15, -0.1) is 0 Å². The predicted octanol–water partition coefficient (Wildman–Crippen LogP) is 36.0. The summed E-state index contributed by atoms with van der Waals surface area (Å²) >= 11 is 0. The first kappa shape index (κ1) is 123. The molecule has 656 valence electrons. The van der Waals surface area contributed by atoms with E-state index in [1.807, 2.05) is 13.8 Å². The largest absolute Gasteiger partial charge is 0.390 e. The molecule has 4 nitrogen and oxygen atoms in total. The van der Waals surface area contributed by atoms with Crippen LogP contribution in [0.5, 0.6) is 0 Å². The molecule has 4 atom stereocenters. The number of aliphatic hydroxyl groups is 2. The zero-order chi connectivity index (χ0) is 84.7. The highest BCUT2D eigenvalue weighted by Crippen LogP contribution is 2.27. The smallest absolute Gasteiger partial charge is 0.0653 e. The van der Waals surface area contributed by atoms with Crippen molar-refractivity contribution < 1.29 is 19.7 Å². The van der Waals surface area contributed by atoms with Crippen LogP contribution in [0, 0.1) is 71.0 Å². The quantitative estimate of drug-likeness (QED) is 0.0596. The van der Waals surface area contributed by atoms with Crippen molar-refractivity contribution in [2.24, 2.45) is 71.0 Å². The fourth-order valence-corrected chi connectivity index (χ4v) is 12.0. The van der Waals surface area contributed by atoms with Crippen LogP contribution in [0.2, 0.25) is 0 Å². The molecule has 0 aliphatic rings. The van der Waals surface area contributed by atoms with Crippen LogP contribution in [-0.2, 0) is 9.47 Å². The fraction of sp³-hybridized carbons (Fsp3) is 0.867. The predicted molar refractivity (Wildman–Crippen MR) is 506 cm³/mol. The molecule has 109 heavy (non-hydrogen) atoms. The molecule has 0 aromatic carbocycles. The van der Waals surface area contributed by atoms with Crippen LogP contribution >= 0.6 is 0 Å². The highest BCUT2D eigenvalue weighted by atomic mass is 16.5. The van der Waals surface area contributed by atoms with E-state index in [4.69, 9.17) is 9.47 Å². The monoisotopic (exact) mass is 1540 g/mol. The van der Waals surface area contributed by atoms with E-state index in [0.717, 1.165) is 143 Å². The lowest BCUT2D eigenvalue weighted by molar-refractivity contribution is 0.0331. The maximum absolute atomic E-state index is 10.3. The van der Waals surface area contributed by atoms with Crippen molar-refractivity contribution >= 4 is 0 Å². The van der Waals surface area contributed by atoms with Crippen LogP contribution in [0.3, 0.4) is 0 Å². The van der Waals surface area contributed by atoms with Crippen molar-refractivity contribution in [3.8, 4) is 0 Å². The van der Waals surface area contributed by atoms with Crippen molar-refractivity contribution in [3.05, 3.63) is 81.5 Å². The van der Waals surface area contributed by atoms with Gasteiger partial charge in [0.25, 0.3) is 0 Å². The van der Waals surface area contributed by atoms with Crippen LogP contribution < -0.4 is 0 Å². The van der Waals surface area contributed by atoms with Crippen molar-refractivity contribution in [1.29, 1.82) is 0 Å². The summed E-state index contributed by atoms with van der Waals surface area (Å²) in [6.07, 6.45) is 60.5. The molecular formula is C105H212O4. The van der Waals surface area contributed by atoms with Gasteiger partial charge in [0.1, 0.15) is 0 Å². The maximum Gasteiger partial charge on any atom is 0.0653 e. The van der Waals surface area contributed by atoms with Crippen molar-refractivity contribution in [3.63, 3.8) is 0 Å². The van der Waals surface area contributed by atoms with Crippen LogP contribution in [0.15, 0.2) is 81.5 Å².